The Bertz CT molecular complexity index is 439. The van der Waals surface area contributed by atoms with E-state index in [1.54, 1.807) is 0 Å². The molecule has 5 N–H and O–H groups in total. The number of rotatable bonds is 7. The van der Waals surface area contributed by atoms with Crippen molar-refractivity contribution in [3.05, 3.63) is 0 Å². The molecule has 0 saturated heterocycles. The summed E-state index contributed by atoms with van der Waals surface area (Å²) in [5.41, 5.74) is 0. The van der Waals surface area contributed by atoms with Crippen molar-refractivity contribution in [3.63, 3.8) is 0 Å². The highest BCUT2D eigenvalue weighted by Gasteiger charge is 2.61. The number of hydrogen-bond acceptors (Lipinski definition) is 4. The molecule has 110 valence electrons. The molecule has 10 heteroatoms. The molecule has 0 rings (SSSR count). The second-order valence-electron chi connectivity index (χ2n) is 4.26. The maximum absolute atomic E-state index is 11.5. The number of carboxylic acids is 3. The lowest BCUT2D eigenvalue weighted by Crippen LogP contribution is -2.49. The third-order valence-electron chi connectivity index (χ3n) is 3.20. The van der Waals surface area contributed by atoms with Crippen LogP contribution in [0, 0.1) is 11.8 Å². The predicted octanol–water partition coefficient (Wildman–Crippen LogP) is -0.181. The second-order valence-corrected chi connectivity index (χ2v) is 6.15. The number of carbonyl (C=O) groups is 3. The highest BCUT2D eigenvalue weighted by atomic mass is 31.2. The lowest BCUT2D eigenvalue weighted by Gasteiger charge is -2.36. The molecule has 3 atom stereocenters. The van der Waals surface area contributed by atoms with Crippen LogP contribution in [-0.2, 0) is 18.9 Å². The first kappa shape index (κ1) is 17.6. The normalized spacial score (nSPS) is 18.1. The van der Waals surface area contributed by atoms with Gasteiger partial charge in [-0.3, -0.25) is 18.9 Å². The van der Waals surface area contributed by atoms with Crippen molar-refractivity contribution in [2.24, 2.45) is 11.8 Å². The van der Waals surface area contributed by atoms with Crippen molar-refractivity contribution < 1.29 is 44.1 Å². The van der Waals surface area contributed by atoms with Crippen molar-refractivity contribution in [1.29, 1.82) is 0 Å². The molecular formula is C9H15O9P. The Morgan fingerprint density at radius 1 is 1.11 bits per heavy atom. The molecule has 0 aromatic carbocycles. The van der Waals surface area contributed by atoms with Gasteiger partial charge >= 0.3 is 25.5 Å². The molecule has 9 nitrogen and oxygen atoms in total. The summed E-state index contributed by atoms with van der Waals surface area (Å²) in [6.45, 7) is 2.05. The van der Waals surface area contributed by atoms with Gasteiger partial charge in [-0.2, -0.15) is 0 Å². The standard InChI is InChI=1S/C9H15O9P/c1-4(7(12)13)5(2)9(8(14)15,3-6(10)11)19(16,17)18/h4-5H,3H2,1-2H3,(H,10,11)(H,12,13)(H,14,15)(H2,16,17,18). The van der Waals surface area contributed by atoms with Crippen molar-refractivity contribution in [1.82, 2.24) is 0 Å². The summed E-state index contributed by atoms with van der Waals surface area (Å²) in [7, 11) is -5.41. The molecule has 0 bridgehead atoms. The van der Waals surface area contributed by atoms with Gasteiger partial charge in [0.1, 0.15) is 0 Å². The van der Waals surface area contributed by atoms with Crippen LogP contribution < -0.4 is 0 Å². The molecule has 19 heavy (non-hydrogen) atoms. The van der Waals surface area contributed by atoms with E-state index in [9.17, 15) is 28.7 Å². The molecule has 0 aromatic heterocycles. The molecule has 3 unspecified atom stereocenters. The topological polar surface area (TPSA) is 169 Å². The third kappa shape index (κ3) is 3.31. The Labute approximate surface area is 108 Å². The summed E-state index contributed by atoms with van der Waals surface area (Å²) in [5.74, 6) is -8.28. The van der Waals surface area contributed by atoms with Gasteiger partial charge in [0.15, 0.2) is 5.16 Å². The van der Waals surface area contributed by atoms with E-state index >= 15 is 0 Å². The molecule has 0 aromatic rings. The first-order chi connectivity index (χ1) is 8.37. The molecule has 0 saturated carbocycles. The van der Waals surface area contributed by atoms with Gasteiger partial charge in [0.25, 0.3) is 0 Å². The number of hydrogen-bond donors (Lipinski definition) is 5. The molecule has 0 heterocycles. The number of carboxylic acid groups (broad SMARTS) is 3. The van der Waals surface area contributed by atoms with Crippen LogP contribution in [0.15, 0.2) is 0 Å². The fourth-order valence-electron chi connectivity index (χ4n) is 1.78. The fourth-order valence-corrected chi connectivity index (χ4v) is 3.13. The van der Waals surface area contributed by atoms with Gasteiger partial charge in [-0.05, 0) is 5.92 Å². The zero-order chi connectivity index (χ0) is 15.6. The van der Waals surface area contributed by atoms with Crippen LogP contribution in [0.5, 0.6) is 0 Å². The largest absolute Gasteiger partial charge is 0.481 e. The molecule has 0 aliphatic heterocycles. The van der Waals surface area contributed by atoms with Crippen LogP contribution in [0.3, 0.4) is 0 Å². The second kappa shape index (κ2) is 5.68. The summed E-state index contributed by atoms with van der Waals surface area (Å²) in [5, 5.41) is 23.6. The maximum atomic E-state index is 11.5. The fraction of sp³-hybridized carbons (Fsp3) is 0.667. The van der Waals surface area contributed by atoms with E-state index in [1.165, 1.54) is 0 Å². The Morgan fingerprint density at radius 3 is 1.74 bits per heavy atom. The van der Waals surface area contributed by atoms with Crippen LogP contribution in [0.25, 0.3) is 0 Å². The van der Waals surface area contributed by atoms with Gasteiger partial charge in [0.05, 0.1) is 12.3 Å². The van der Waals surface area contributed by atoms with E-state index in [1.807, 2.05) is 0 Å². The molecular weight excluding hydrogens is 283 g/mol. The van der Waals surface area contributed by atoms with E-state index < -0.39 is 48.9 Å². The smallest absolute Gasteiger partial charge is 0.343 e. The van der Waals surface area contributed by atoms with Gasteiger partial charge in [-0.15, -0.1) is 0 Å². The molecule has 0 spiro atoms. The zero-order valence-corrected chi connectivity index (χ0v) is 11.1. The summed E-state index contributed by atoms with van der Waals surface area (Å²) in [4.78, 5) is 51.2. The SMILES string of the molecule is CC(C(=O)O)C(C)C(CC(=O)O)(C(=O)O)P(=O)(O)O. The lowest BCUT2D eigenvalue weighted by atomic mass is 9.81. The maximum Gasteiger partial charge on any atom is 0.343 e. The monoisotopic (exact) mass is 298 g/mol. The van der Waals surface area contributed by atoms with E-state index in [2.05, 4.69) is 0 Å². The van der Waals surface area contributed by atoms with E-state index in [0.717, 1.165) is 13.8 Å². The summed E-state index contributed by atoms with van der Waals surface area (Å²) in [6.07, 6.45) is -1.37. The van der Waals surface area contributed by atoms with Crippen LogP contribution in [0.1, 0.15) is 20.3 Å². The lowest BCUT2D eigenvalue weighted by molar-refractivity contribution is -0.152. The first-order valence-corrected chi connectivity index (χ1v) is 6.72. The average Bonchev–Trinajstić information content (AvgIpc) is 2.20. The zero-order valence-electron chi connectivity index (χ0n) is 10.2. The Balaban J connectivity index is 6.00. The minimum absolute atomic E-state index is 0.995. The van der Waals surface area contributed by atoms with Crippen molar-refractivity contribution in [2.75, 3.05) is 0 Å². The van der Waals surface area contributed by atoms with Gasteiger partial charge < -0.3 is 25.1 Å². The highest BCUT2D eigenvalue weighted by molar-refractivity contribution is 7.54. The van der Waals surface area contributed by atoms with Gasteiger partial charge in [0.2, 0.25) is 0 Å². The predicted molar refractivity (Wildman–Crippen MR) is 60.6 cm³/mol. The Morgan fingerprint density at radius 2 is 1.53 bits per heavy atom. The van der Waals surface area contributed by atoms with Gasteiger partial charge in [0, 0.05) is 0 Å². The van der Waals surface area contributed by atoms with E-state index in [0.29, 0.717) is 0 Å². The summed E-state index contributed by atoms with van der Waals surface area (Å²) < 4.78 is 11.5. The molecule has 0 fully saturated rings. The van der Waals surface area contributed by atoms with E-state index in [-0.39, 0.29) is 0 Å². The van der Waals surface area contributed by atoms with Crippen molar-refractivity contribution in [3.8, 4) is 0 Å². The first-order valence-electron chi connectivity index (χ1n) is 5.11. The quantitative estimate of drug-likeness (QED) is 0.400. The van der Waals surface area contributed by atoms with Crippen molar-refractivity contribution >= 4 is 25.5 Å². The van der Waals surface area contributed by atoms with Crippen LogP contribution >= 0.6 is 7.60 Å². The van der Waals surface area contributed by atoms with E-state index in [4.69, 9.17) is 15.3 Å². The van der Waals surface area contributed by atoms with Gasteiger partial charge in [-0.1, -0.05) is 13.8 Å². The highest BCUT2D eigenvalue weighted by Crippen LogP contribution is 2.58. The van der Waals surface area contributed by atoms with Crippen molar-refractivity contribution in [2.45, 2.75) is 25.4 Å². The van der Waals surface area contributed by atoms with Crippen LogP contribution in [0.2, 0.25) is 0 Å². The summed E-state index contributed by atoms with van der Waals surface area (Å²) in [6, 6.07) is 0. The Kier molecular flexibility index (Phi) is 5.25. The molecule has 0 radical (unpaired) electrons. The molecule has 0 amide bonds. The minimum Gasteiger partial charge on any atom is -0.481 e. The molecule has 0 aliphatic carbocycles. The average molecular weight is 298 g/mol. The number of aliphatic carboxylic acids is 3. The minimum atomic E-state index is -5.41. The van der Waals surface area contributed by atoms with Crippen LogP contribution in [0.4, 0.5) is 0 Å². The Hall–Kier alpha value is -1.44. The van der Waals surface area contributed by atoms with Crippen LogP contribution in [-0.4, -0.2) is 48.2 Å². The molecule has 0 aliphatic rings. The van der Waals surface area contributed by atoms with Gasteiger partial charge in [-0.25, -0.2) is 0 Å². The third-order valence-corrected chi connectivity index (χ3v) is 5.00. The summed E-state index contributed by atoms with van der Waals surface area (Å²) >= 11 is 0.